The molecule has 0 radical (unpaired) electrons. The SMILES string of the molecule is CCn1nc(C)cc1CC(O)(CC)c1ccc(F)cn1. The second kappa shape index (κ2) is 5.71. The molecule has 1 unspecified atom stereocenters. The van der Waals surface area contributed by atoms with Crippen LogP contribution in [0.1, 0.15) is 37.4 Å². The average molecular weight is 277 g/mol. The van der Waals surface area contributed by atoms with E-state index in [4.69, 9.17) is 0 Å². The van der Waals surface area contributed by atoms with Crippen LogP contribution in [0.4, 0.5) is 4.39 Å². The van der Waals surface area contributed by atoms with Gasteiger partial charge < -0.3 is 5.11 Å². The van der Waals surface area contributed by atoms with Crippen molar-refractivity contribution < 1.29 is 9.50 Å². The Morgan fingerprint density at radius 2 is 2.10 bits per heavy atom. The van der Waals surface area contributed by atoms with E-state index < -0.39 is 11.4 Å². The molecule has 2 heterocycles. The number of hydrogen-bond acceptors (Lipinski definition) is 3. The van der Waals surface area contributed by atoms with Crippen LogP contribution in [0.25, 0.3) is 0 Å². The smallest absolute Gasteiger partial charge is 0.141 e. The van der Waals surface area contributed by atoms with Crippen LogP contribution in [0.3, 0.4) is 0 Å². The van der Waals surface area contributed by atoms with E-state index in [0.29, 0.717) is 18.5 Å². The molecule has 2 aromatic heterocycles. The van der Waals surface area contributed by atoms with Crippen molar-refractivity contribution in [3.05, 3.63) is 47.3 Å². The molecule has 0 aliphatic rings. The molecule has 0 aliphatic carbocycles. The van der Waals surface area contributed by atoms with Gasteiger partial charge in [0.1, 0.15) is 11.4 Å². The summed E-state index contributed by atoms with van der Waals surface area (Å²) < 4.78 is 14.8. The topological polar surface area (TPSA) is 50.9 Å². The number of rotatable bonds is 5. The summed E-state index contributed by atoms with van der Waals surface area (Å²) in [5, 5.41) is 15.2. The zero-order chi connectivity index (χ0) is 14.8. The number of aromatic nitrogens is 3. The maximum absolute atomic E-state index is 13.0. The molecule has 0 saturated heterocycles. The minimum absolute atomic E-state index is 0.401. The Balaban J connectivity index is 2.33. The minimum atomic E-state index is -1.10. The van der Waals surface area contributed by atoms with Crippen molar-refractivity contribution in [1.82, 2.24) is 14.8 Å². The molecule has 0 saturated carbocycles. The summed E-state index contributed by atoms with van der Waals surface area (Å²) in [6, 6.07) is 4.83. The van der Waals surface area contributed by atoms with E-state index in [0.717, 1.165) is 24.1 Å². The fourth-order valence-electron chi connectivity index (χ4n) is 2.36. The van der Waals surface area contributed by atoms with Crippen molar-refractivity contribution in [2.75, 3.05) is 0 Å². The molecule has 1 N–H and O–H groups in total. The zero-order valence-electron chi connectivity index (χ0n) is 12.1. The van der Waals surface area contributed by atoms with Gasteiger partial charge in [0.2, 0.25) is 0 Å². The first-order valence-corrected chi connectivity index (χ1v) is 6.86. The van der Waals surface area contributed by atoms with E-state index in [9.17, 15) is 9.50 Å². The lowest BCUT2D eigenvalue weighted by Gasteiger charge is -2.26. The molecule has 0 aromatic carbocycles. The van der Waals surface area contributed by atoms with Crippen LogP contribution in [-0.2, 0) is 18.6 Å². The van der Waals surface area contributed by atoms with Crippen LogP contribution in [0.15, 0.2) is 24.4 Å². The number of halogens is 1. The highest BCUT2D eigenvalue weighted by atomic mass is 19.1. The number of pyridine rings is 1. The van der Waals surface area contributed by atoms with Crippen LogP contribution < -0.4 is 0 Å². The summed E-state index contributed by atoms with van der Waals surface area (Å²) in [7, 11) is 0. The molecule has 4 nitrogen and oxygen atoms in total. The maximum Gasteiger partial charge on any atom is 0.141 e. The van der Waals surface area contributed by atoms with Crippen LogP contribution in [0.2, 0.25) is 0 Å². The lowest BCUT2D eigenvalue weighted by atomic mass is 9.90. The van der Waals surface area contributed by atoms with E-state index >= 15 is 0 Å². The van der Waals surface area contributed by atoms with E-state index in [-0.39, 0.29) is 0 Å². The monoisotopic (exact) mass is 277 g/mol. The number of nitrogens with zero attached hydrogens (tertiary/aromatic N) is 3. The first kappa shape index (κ1) is 14.7. The maximum atomic E-state index is 13.0. The summed E-state index contributed by atoms with van der Waals surface area (Å²) in [5.41, 5.74) is 1.27. The first-order chi connectivity index (χ1) is 9.48. The summed E-state index contributed by atoms with van der Waals surface area (Å²) in [4.78, 5) is 4.02. The van der Waals surface area contributed by atoms with Gasteiger partial charge in [0.15, 0.2) is 0 Å². The van der Waals surface area contributed by atoms with Crippen LogP contribution >= 0.6 is 0 Å². The molecule has 5 heteroatoms. The molecule has 0 fully saturated rings. The Morgan fingerprint density at radius 1 is 1.35 bits per heavy atom. The Bertz CT molecular complexity index is 579. The second-order valence-corrected chi connectivity index (χ2v) is 5.02. The van der Waals surface area contributed by atoms with Crippen molar-refractivity contribution in [3.63, 3.8) is 0 Å². The first-order valence-electron chi connectivity index (χ1n) is 6.86. The van der Waals surface area contributed by atoms with Gasteiger partial charge >= 0.3 is 0 Å². The van der Waals surface area contributed by atoms with Gasteiger partial charge in [0.05, 0.1) is 17.6 Å². The summed E-state index contributed by atoms with van der Waals surface area (Å²) in [6.07, 6.45) is 2.05. The fourth-order valence-corrected chi connectivity index (χ4v) is 2.36. The second-order valence-electron chi connectivity index (χ2n) is 5.02. The average Bonchev–Trinajstić information content (AvgIpc) is 2.79. The van der Waals surface area contributed by atoms with Crippen molar-refractivity contribution in [3.8, 4) is 0 Å². The lowest BCUT2D eigenvalue weighted by Crippen LogP contribution is -2.30. The quantitative estimate of drug-likeness (QED) is 0.914. The number of aryl methyl sites for hydroxylation is 2. The van der Waals surface area contributed by atoms with E-state index in [2.05, 4.69) is 10.1 Å². The lowest BCUT2D eigenvalue weighted by molar-refractivity contribution is 0.0262. The largest absolute Gasteiger partial charge is 0.383 e. The third kappa shape index (κ3) is 2.88. The molecule has 108 valence electrons. The third-order valence-corrected chi connectivity index (χ3v) is 3.55. The third-order valence-electron chi connectivity index (χ3n) is 3.55. The molecule has 0 spiro atoms. The predicted octanol–water partition coefficient (Wildman–Crippen LogP) is 2.59. The standard InChI is InChI=1S/C15H20FN3O/c1-4-15(20,14-7-6-12(16)10-17-14)9-13-8-11(3)18-19(13)5-2/h6-8,10,20H,4-5,9H2,1-3H3. The molecule has 0 aliphatic heterocycles. The normalized spacial score (nSPS) is 14.2. The van der Waals surface area contributed by atoms with Gasteiger partial charge in [0, 0.05) is 18.7 Å². The minimum Gasteiger partial charge on any atom is -0.383 e. The Kier molecular flexibility index (Phi) is 4.18. The van der Waals surface area contributed by atoms with E-state index in [1.165, 1.54) is 6.07 Å². The molecule has 2 aromatic rings. The molecule has 20 heavy (non-hydrogen) atoms. The number of hydrogen-bond donors (Lipinski definition) is 1. The van der Waals surface area contributed by atoms with Gasteiger partial charge in [0.25, 0.3) is 0 Å². The molecule has 0 amide bonds. The van der Waals surface area contributed by atoms with E-state index in [1.807, 2.05) is 31.5 Å². The Hall–Kier alpha value is -1.75. The van der Waals surface area contributed by atoms with Crippen LogP contribution in [0, 0.1) is 12.7 Å². The van der Waals surface area contributed by atoms with Gasteiger partial charge in [-0.15, -0.1) is 0 Å². The molecule has 0 bridgehead atoms. The van der Waals surface area contributed by atoms with Gasteiger partial charge in [-0.1, -0.05) is 6.92 Å². The summed E-state index contributed by atoms with van der Waals surface area (Å²) >= 11 is 0. The Morgan fingerprint density at radius 3 is 2.65 bits per heavy atom. The molecular weight excluding hydrogens is 257 g/mol. The highest BCUT2D eigenvalue weighted by Gasteiger charge is 2.30. The van der Waals surface area contributed by atoms with Crippen molar-refractivity contribution in [1.29, 1.82) is 0 Å². The zero-order valence-corrected chi connectivity index (χ0v) is 12.1. The molecule has 2 rings (SSSR count). The van der Waals surface area contributed by atoms with Crippen LogP contribution in [-0.4, -0.2) is 19.9 Å². The van der Waals surface area contributed by atoms with Gasteiger partial charge in [-0.3, -0.25) is 9.67 Å². The van der Waals surface area contributed by atoms with Gasteiger partial charge in [-0.25, -0.2) is 4.39 Å². The highest BCUT2D eigenvalue weighted by Crippen LogP contribution is 2.28. The summed E-state index contributed by atoms with van der Waals surface area (Å²) in [5.74, 6) is -0.401. The predicted molar refractivity (Wildman–Crippen MR) is 74.7 cm³/mol. The fraction of sp³-hybridized carbons (Fsp3) is 0.467. The highest BCUT2D eigenvalue weighted by molar-refractivity contribution is 5.19. The van der Waals surface area contributed by atoms with Crippen molar-refractivity contribution >= 4 is 0 Å². The molecular formula is C15H20FN3O. The van der Waals surface area contributed by atoms with Crippen molar-refractivity contribution in [2.45, 2.75) is 45.8 Å². The Labute approximate surface area is 118 Å². The van der Waals surface area contributed by atoms with Crippen molar-refractivity contribution in [2.24, 2.45) is 0 Å². The molecule has 1 atom stereocenters. The van der Waals surface area contributed by atoms with Crippen LogP contribution in [0.5, 0.6) is 0 Å². The number of aliphatic hydroxyl groups is 1. The van der Waals surface area contributed by atoms with E-state index in [1.54, 1.807) is 6.07 Å². The summed E-state index contributed by atoms with van der Waals surface area (Å²) in [6.45, 7) is 6.58. The van der Waals surface area contributed by atoms with Gasteiger partial charge in [-0.05, 0) is 38.5 Å². The van der Waals surface area contributed by atoms with Gasteiger partial charge in [-0.2, -0.15) is 5.10 Å².